The van der Waals surface area contributed by atoms with E-state index in [0.29, 0.717) is 6.61 Å². The van der Waals surface area contributed by atoms with Crippen molar-refractivity contribution in [2.45, 2.75) is 19.4 Å². The van der Waals surface area contributed by atoms with Crippen LogP contribution in [0, 0.1) is 0 Å². The standard InChI is InChI=1S/C4H11B3O2/c1-2-4(8)3-9-7-6-5/h4,8H,2-3,5H2,1H3/t4-/m1/s1. The first-order chi connectivity index (χ1) is 4.31. The van der Waals surface area contributed by atoms with Gasteiger partial charge in [-0.3, -0.25) is 0 Å². The maximum absolute atomic E-state index is 8.93. The van der Waals surface area contributed by atoms with Gasteiger partial charge in [0.25, 0.3) is 0 Å². The zero-order valence-corrected chi connectivity index (χ0v) is 6.00. The SMILES string of the molecule is BB=BOC[C@H](O)CC. The zero-order chi connectivity index (χ0) is 7.11. The number of hydrogen-bond donors (Lipinski definition) is 1. The number of hydrogen-bond acceptors (Lipinski definition) is 2. The minimum absolute atomic E-state index is 0.318. The molecule has 0 unspecified atom stereocenters. The van der Waals surface area contributed by atoms with Gasteiger partial charge in [0.1, 0.15) is 0 Å². The summed E-state index contributed by atoms with van der Waals surface area (Å²) in [4.78, 5) is 0. The van der Waals surface area contributed by atoms with Crippen LogP contribution in [0.2, 0.25) is 0 Å². The molecule has 1 atom stereocenters. The second kappa shape index (κ2) is 6.08. The second-order valence-electron chi connectivity index (χ2n) is 1.86. The fourth-order valence-electron chi connectivity index (χ4n) is 0.381. The summed E-state index contributed by atoms with van der Waals surface area (Å²) in [6.07, 6.45) is 0.429. The van der Waals surface area contributed by atoms with Gasteiger partial charge in [-0.2, -0.15) is 0 Å². The molecule has 0 aliphatic heterocycles. The molecule has 0 radical (unpaired) electrons. The summed E-state index contributed by atoms with van der Waals surface area (Å²) in [6.45, 7) is 4.12. The van der Waals surface area contributed by atoms with E-state index in [4.69, 9.17) is 9.76 Å². The van der Waals surface area contributed by atoms with Gasteiger partial charge in [0.2, 0.25) is 0 Å². The Kier molecular flexibility index (Phi) is 6.05. The van der Waals surface area contributed by atoms with Gasteiger partial charge in [0.15, 0.2) is 0 Å². The van der Waals surface area contributed by atoms with E-state index in [-0.39, 0.29) is 6.10 Å². The normalized spacial score (nSPS) is 12.2. The molecule has 5 heteroatoms. The summed E-state index contributed by atoms with van der Waals surface area (Å²) < 4.78 is 4.90. The van der Waals surface area contributed by atoms with Gasteiger partial charge < -0.3 is 0 Å². The van der Waals surface area contributed by atoms with E-state index >= 15 is 0 Å². The first-order valence-electron chi connectivity index (χ1n) is 3.22. The summed E-state index contributed by atoms with van der Waals surface area (Å²) in [7, 11) is 3.46. The molecule has 0 heterocycles. The fraction of sp³-hybridized carbons (Fsp3) is 1.00. The predicted molar refractivity (Wildman–Crippen MR) is 42.3 cm³/mol. The van der Waals surface area contributed by atoms with Crippen molar-refractivity contribution in [1.29, 1.82) is 0 Å². The van der Waals surface area contributed by atoms with Crippen molar-refractivity contribution in [3.05, 3.63) is 0 Å². The molecule has 2 nitrogen and oxygen atoms in total. The van der Waals surface area contributed by atoms with Crippen molar-refractivity contribution in [2.24, 2.45) is 0 Å². The molecule has 0 saturated heterocycles. The van der Waals surface area contributed by atoms with Crippen LogP contribution in [-0.4, -0.2) is 39.3 Å². The molecular formula is C4H11B3O2. The summed E-state index contributed by atoms with van der Waals surface area (Å²) in [6, 6.07) is 0. The van der Waals surface area contributed by atoms with Crippen LogP contribution in [0.4, 0.5) is 0 Å². The third-order valence-electron chi connectivity index (χ3n) is 0.992. The van der Waals surface area contributed by atoms with Gasteiger partial charge in [0.05, 0.1) is 0 Å². The van der Waals surface area contributed by atoms with Gasteiger partial charge in [0, 0.05) is 0 Å². The Labute approximate surface area is 58.1 Å². The third-order valence-corrected chi connectivity index (χ3v) is 0.992. The van der Waals surface area contributed by atoms with Crippen LogP contribution in [-0.2, 0) is 4.65 Å². The fourth-order valence-corrected chi connectivity index (χ4v) is 0.381. The van der Waals surface area contributed by atoms with Crippen LogP contribution in [0.5, 0.6) is 0 Å². The van der Waals surface area contributed by atoms with Crippen LogP contribution in [0.1, 0.15) is 13.3 Å². The Bertz CT molecular complexity index is 85.9. The van der Waals surface area contributed by atoms with E-state index < -0.39 is 0 Å². The number of aliphatic hydroxyl groups excluding tert-OH is 1. The molecule has 0 aromatic carbocycles. The predicted octanol–water partition coefficient (Wildman–Crippen LogP) is -1.44. The molecule has 0 aliphatic rings. The van der Waals surface area contributed by atoms with Crippen LogP contribution in [0.3, 0.4) is 0 Å². The average molecular weight is 124 g/mol. The van der Waals surface area contributed by atoms with Crippen LogP contribution in [0.15, 0.2) is 0 Å². The van der Waals surface area contributed by atoms with Crippen LogP contribution in [0.25, 0.3) is 0 Å². The Balaban J connectivity index is 3.06. The van der Waals surface area contributed by atoms with Crippen molar-refractivity contribution in [2.75, 3.05) is 6.61 Å². The molecule has 0 spiro atoms. The number of rotatable bonds is 4. The molecule has 9 heavy (non-hydrogen) atoms. The molecular weight excluding hydrogens is 112 g/mol. The first kappa shape index (κ1) is 8.95. The third kappa shape index (κ3) is 5.83. The first-order valence-corrected chi connectivity index (χ1v) is 3.22. The Morgan fingerprint density at radius 1 is 1.78 bits per heavy atom. The molecule has 0 aliphatic carbocycles. The van der Waals surface area contributed by atoms with E-state index in [1.54, 1.807) is 13.7 Å². The van der Waals surface area contributed by atoms with E-state index in [2.05, 4.69) is 0 Å². The molecule has 0 fully saturated rings. The van der Waals surface area contributed by atoms with E-state index in [0.717, 1.165) is 6.42 Å². The second-order valence-corrected chi connectivity index (χ2v) is 1.86. The molecule has 0 aromatic rings. The van der Waals surface area contributed by atoms with E-state index in [1.807, 2.05) is 14.7 Å². The van der Waals surface area contributed by atoms with E-state index in [9.17, 15) is 0 Å². The molecule has 0 bridgehead atoms. The van der Waals surface area contributed by atoms with Crippen molar-refractivity contribution in [3.63, 3.8) is 0 Å². The topological polar surface area (TPSA) is 29.5 Å². The Morgan fingerprint density at radius 3 is 2.89 bits per heavy atom. The van der Waals surface area contributed by atoms with Crippen molar-refractivity contribution in [3.8, 4) is 0 Å². The van der Waals surface area contributed by atoms with Gasteiger partial charge in [-0.1, -0.05) is 0 Å². The summed E-state index contributed by atoms with van der Waals surface area (Å²) >= 11 is 0. The zero-order valence-electron chi connectivity index (χ0n) is 6.00. The van der Waals surface area contributed by atoms with Crippen LogP contribution < -0.4 is 0 Å². The molecule has 1 N–H and O–H groups in total. The molecule has 48 valence electrons. The Hall–Kier alpha value is -0.0452. The van der Waals surface area contributed by atoms with Gasteiger partial charge >= 0.3 is 57.3 Å². The number of aliphatic hydroxyl groups is 1. The van der Waals surface area contributed by atoms with Crippen molar-refractivity contribution >= 4 is 21.4 Å². The van der Waals surface area contributed by atoms with Crippen LogP contribution >= 0.6 is 0 Å². The average Bonchev–Trinajstić information content (AvgIpc) is 1.89. The summed E-state index contributed by atoms with van der Waals surface area (Å²) in [5, 5.41) is 8.93. The quantitative estimate of drug-likeness (QED) is 0.464. The molecule has 0 amide bonds. The van der Waals surface area contributed by atoms with Crippen molar-refractivity contribution < 1.29 is 9.76 Å². The maximum atomic E-state index is 8.93. The van der Waals surface area contributed by atoms with Crippen molar-refractivity contribution in [1.82, 2.24) is 0 Å². The minimum atomic E-state index is -0.318. The van der Waals surface area contributed by atoms with Gasteiger partial charge in [-0.05, 0) is 0 Å². The van der Waals surface area contributed by atoms with Gasteiger partial charge in [-0.15, -0.1) is 0 Å². The monoisotopic (exact) mass is 124 g/mol. The van der Waals surface area contributed by atoms with Gasteiger partial charge in [-0.25, -0.2) is 0 Å². The molecule has 0 saturated carbocycles. The summed E-state index contributed by atoms with van der Waals surface area (Å²) in [5.74, 6) is 0. The molecule has 0 rings (SSSR count). The Morgan fingerprint density at radius 2 is 2.44 bits per heavy atom. The summed E-state index contributed by atoms with van der Waals surface area (Å²) in [5.41, 5.74) is 0. The van der Waals surface area contributed by atoms with E-state index in [1.165, 1.54) is 0 Å². The molecule has 0 aromatic heterocycles.